The van der Waals surface area contributed by atoms with E-state index in [0.29, 0.717) is 23.5 Å². The van der Waals surface area contributed by atoms with Crippen molar-refractivity contribution in [2.75, 3.05) is 7.05 Å². The lowest BCUT2D eigenvalue weighted by Crippen LogP contribution is -2.17. The molecule has 0 unspecified atom stereocenters. The summed E-state index contributed by atoms with van der Waals surface area (Å²) in [7, 11) is 1.62. The molecule has 7 heteroatoms. The van der Waals surface area contributed by atoms with Gasteiger partial charge in [0.15, 0.2) is 5.82 Å². The summed E-state index contributed by atoms with van der Waals surface area (Å²) in [6, 6.07) is 19.2. The highest BCUT2D eigenvalue weighted by atomic mass is 16.1. The van der Waals surface area contributed by atoms with Crippen molar-refractivity contribution in [3.05, 3.63) is 96.2 Å². The maximum absolute atomic E-state index is 11.9. The quantitative estimate of drug-likeness (QED) is 0.447. The van der Waals surface area contributed by atoms with Crippen LogP contribution in [-0.4, -0.2) is 38.1 Å². The summed E-state index contributed by atoms with van der Waals surface area (Å²) in [5.41, 5.74) is 5.88. The van der Waals surface area contributed by atoms with Crippen LogP contribution in [0, 0.1) is 0 Å². The van der Waals surface area contributed by atoms with E-state index in [1.807, 2.05) is 54.7 Å². The average Bonchev–Trinajstić information content (AvgIpc) is 3.27. The van der Waals surface area contributed by atoms with Crippen molar-refractivity contribution in [2.24, 2.45) is 0 Å². The first-order valence-corrected chi connectivity index (χ1v) is 10.2. The Hall–Kier alpha value is -4.39. The molecular formula is C25H20N6O. The Labute approximate surface area is 184 Å². The van der Waals surface area contributed by atoms with Crippen molar-refractivity contribution in [3.8, 4) is 22.5 Å². The van der Waals surface area contributed by atoms with Crippen LogP contribution in [0.25, 0.3) is 33.4 Å². The fourth-order valence-electron chi connectivity index (χ4n) is 3.70. The van der Waals surface area contributed by atoms with Gasteiger partial charge in [-0.05, 0) is 23.8 Å². The fraction of sp³-hybridized carbons (Fsp3) is 0.0800. The largest absolute Gasteiger partial charge is 0.360 e. The molecule has 0 atom stereocenters. The van der Waals surface area contributed by atoms with Crippen LogP contribution in [0.15, 0.2) is 79.3 Å². The van der Waals surface area contributed by atoms with E-state index in [-0.39, 0.29) is 5.91 Å². The zero-order valence-corrected chi connectivity index (χ0v) is 17.4. The lowest BCUT2D eigenvalue weighted by Gasteiger charge is -2.10. The van der Waals surface area contributed by atoms with Crippen LogP contribution < -0.4 is 5.32 Å². The zero-order chi connectivity index (χ0) is 21.9. The van der Waals surface area contributed by atoms with E-state index in [1.165, 1.54) is 0 Å². The van der Waals surface area contributed by atoms with Crippen molar-refractivity contribution in [1.29, 1.82) is 0 Å². The molecule has 5 aromatic rings. The highest BCUT2D eigenvalue weighted by Gasteiger charge is 2.15. The number of pyridine rings is 1. The second kappa shape index (κ2) is 8.39. The molecule has 3 aromatic heterocycles. The van der Waals surface area contributed by atoms with Crippen molar-refractivity contribution < 1.29 is 4.79 Å². The molecule has 0 spiro atoms. The number of amides is 1. The molecule has 0 radical (unpaired) electrons. The molecule has 1 amide bonds. The SMILES string of the molecule is CNC(=O)c1ccc(-c2nc(Cc3c[nH]c4cnccc34)nnc2-c2ccccc2)cc1. The molecule has 5 rings (SSSR count). The van der Waals surface area contributed by atoms with Gasteiger partial charge < -0.3 is 10.3 Å². The molecule has 0 bridgehead atoms. The van der Waals surface area contributed by atoms with E-state index in [4.69, 9.17) is 4.98 Å². The van der Waals surface area contributed by atoms with Crippen molar-refractivity contribution in [2.45, 2.75) is 6.42 Å². The second-order valence-corrected chi connectivity index (χ2v) is 7.36. The van der Waals surface area contributed by atoms with E-state index in [1.54, 1.807) is 31.6 Å². The molecule has 2 N–H and O–H groups in total. The molecule has 156 valence electrons. The summed E-state index contributed by atoms with van der Waals surface area (Å²) in [4.78, 5) is 24.2. The van der Waals surface area contributed by atoms with Crippen LogP contribution in [0.1, 0.15) is 21.7 Å². The van der Waals surface area contributed by atoms with Gasteiger partial charge in [-0.3, -0.25) is 9.78 Å². The predicted octanol–water partition coefficient (Wildman–Crippen LogP) is 4.03. The van der Waals surface area contributed by atoms with Crippen molar-refractivity contribution >= 4 is 16.8 Å². The van der Waals surface area contributed by atoms with Crippen LogP contribution in [0.3, 0.4) is 0 Å². The summed E-state index contributed by atoms with van der Waals surface area (Å²) in [5.74, 6) is 0.489. The first kappa shape index (κ1) is 19.6. The van der Waals surface area contributed by atoms with E-state index >= 15 is 0 Å². The molecule has 0 aliphatic rings. The van der Waals surface area contributed by atoms with Gasteiger partial charge in [-0.25, -0.2) is 4.98 Å². The Balaban J connectivity index is 1.58. The Morgan fingerprint density at radius 2 is 1.72 bits per heavy atom. The van der Waals surface area contributed by atoms with Gasteiger partial charge in [0.1, 0.15) is 11.4 Å². The van der Waals surface area contributed by atoms with E-state index in [9.17, 15) is 4.79 Å². The number of H-pyrrole nitrogens is 1. The summed E-state index contributed by atoms with van der Waals surface area (Å²) in [6.45, 7) is 0. The van der Waals surface area contributed by atoms with Crippen LogP contribution in [0.5, 0.6) is 0 Å². The normalized spacial score (nSPS) is 10.9. The topological polar surface area (TPSA) is 96.5 Å². The summed E-state index contributed by atoms with van der Waals surface area (Å²) in [5, 5.41) is 12.7. The number of rotatable bonds is 5. The number of carbonyl (C=O) groups is 1. The number of nitrogens with one attached hydrogen (secondary N) is 2. The summed E-state index contributed by atoms with van der Waals surface area (Å²) < 4.78 is 0. The van der Waals surface area contributed by atoms with Gasteiger partial charge in [-0.15, -0.1) is 10.2 Å². The molecule has 0 aliphatic carbocycles. The molecule has 32 heavy (non-hydrogen) atoms. The lowest BCUT2D eigenvalue weighted by molar-refractivity contribution is 0.0963. The lowest BCUT2D eigenvalue weighted by atomic mass is 10.0. The number of carbonyl (C=O) groups excluding carboxylic acids is 1. The maximum atomic E-state index is 11.9. The van der Waals surface area contributed by atoms with Gasteiger partial charge in [0.05, 0.1) is 11.7 Å². The zero-order valence-electron chi connectivity index (χ0n) is 17.4. The van der Waals surface area contributed by atoms with E-state index in [2.05, 4.69) is 25.5 Å². The van der Waals surface area contributed by atoms with Gasteiger partial charge in [-0.2, -0.15) is 0 Å². The van der Waals surface area contributed by atoms with Crippen molar-refractivity contribution in [1.82, 2.24) is 30.5 Å². The number of fused-ring (bicyclic) bond motifs is 1. The Kier molecular flexibility index (Phi) is 5.13. The number of benzene rings is 2. The molecule has 0 fully saturated rings. The Bertz CT molecular complexity index is 1390. The number of hydrogen-bond donors (Lipinski definition) is 2. The highest BCUT2D eigenvalue weighted by molar-refractivity contribution is 5.94. The Morgan fingerprint density at radius 3 is 2.50 bits per heavy atom. The molecule has 0 aliphatic heterocycles. The molecule has 3 heterocycles. The molecule has 7 nitrogen and oxygen atoms in total. The average molecular weight is 420 g/mol. The molecule has 0 saturated heterocycles. The third kappa shape index (κ3) is 3.72. The molecule has 2 aromatic carbocycles. The highest BCUT2D eigenvalue weighted by Crippen LogP contribution is 2.29. The molecular weight excluding hydrogens is 400 g/mol. The van der Waals surface area contributed by atoms with Crippen molar-refractivity contribution in [3.63, 3.8) is 0 Å². The predicted molar refractivity (Wildman–Crippen MR) is 123 cm³/mol. The van der Waals surface area contributed by atoms with Gasteiger partial charge in [0.25, 0.3) is 5.91 Å². The molecule has 0 saturated carbocycles. The van der Waals surface area contributed by atoms with Crippen LogP contribution >= 0.6 is 0 Å². The fourth-order valence-corrected chi connectivity index (χ4v) is 3.70. The minimum Gasteiger partial charge on any atom is -0.360 e. The summed E-state index contributed by atoms with van der Waals surface area (Å²) >= 11 is 0. The monoisotopic (exact) mass is 420 g/mol. The van der Waals surface area contributed by atoms with Gasteiger partial charge in [-0.1, -0.05) is 42.5 Å². The maximum Gasteiger partial charge on any atom is 0.251 e. The minimum absolute atomic E-state index is 0.129. The smallest absolute Gasteiger partial charge is 0.251 e. The van der Waals surface area contributed by atoms with Gasteiger partial charge in [0, 0.05) is 47.9 Å². The summed E-state index contributed by atoms with van der Waals surface area (Å²) in [6.07, 6.45) is 6.07. The third-order valence-corrected chi connectivity index (χ3v) is 5.34. The standard InChI is InChI=1S/C25H20N6O/c1-26-25(32)18-9-7-17(8-10-18)23-24(16-5-3-2-4-6-16)31-30-22(29-23)13-19-14-28-21-15-27-12-11-20(19)21/h2-12,14-15,28H,13H2,1H3,(H,26,32). The van der Waals surface area contributed by atoms with Crippen LogP contribution in [0.4, 0.5) is 0 Å². The van der Waals surface area contributed by atoms with Gasteiger partial charge in [0.2, 0.25) is 0 Å². The number of nitrogens with zero attached hydrogens (tertiary/aromatic N) is 4. The number of hydrogen-bond acceptors (Lipinski definition) is 5. The van der Waals surface area contributed by atoms with Crippen LogP contribution in [0.2, 0.25) is 0 Å². The second-order valence-electron chi connectivity index (χ2n) is 7.36. The van der Waals surface area contributed by atoms with Gasteiger partial charge >= 0.3 is 0 Å². The third-order valence-electron chi connectivity index (χ3n) is 5.34. The van der Waals surface area contributed by atoms with Crippen LogP contribution in [-0.2, 0) is 6.42 Å². The Morgan fingerprint density at radius 1 is 0.938 bits per heavy atom. The number of aromatic nitrogens is 5. The van der Waals surface area contributed by atoms with E-state index in [0.717, 1.165) is 33.3 Å². The minimum atomic E-state index is -0.129. The number of aromatic amines is 1. The first-order chi connectivity index (χ1) is 15.7. The first-order valence-electron chi connectivity index (χ1n) is 10.2. The van der Waals surface area contributed by atoms with E-state index < -0.39 is 0 Å².